The summed E-state index contributed by atoms with van der Waals surface area (Å²) < 4.78 is 4.77. The van der Waals surface area contributed by atoms with Crippen LogP contribution < -0.4 is 0 Å². The summed E-state index contributed by atoms with van der Waals surface area (Å²) in [5.74, 6) is -0.458. The lowest BCUT2D eigenvalue weighted by atomic mass is 10.0. The summed E-state index contributed by atoms with van der Waals surface area (Å²) in [7, 11) is 0. The van der Waals surface area contributed by atoms with Gasteiger partial charge in [-0.15, -0.1) is 5.01 Å². The molecule has 0 bridgehead atoms. The van der Waals surface area contributed by atoms with E-state index >= 15 is 0 Å². The molecule has 0 atom stereocenters. The van der Waals surface area contributed by atoms with Crippen LogP contribution >= 0.6 is 0 Å². The van der Waals surface area contributed by atoms with E-state index in [0.717, 1.165) is 0 Å². The number of nitrogens with zero attached hydrogens (tertiary/aromatic N) is 3. The summed E-state index contributed by atoms with van der Waals surface area (Å²) in [4.78, 5) is 16.4. The van der Waals surface area contributed by atoms with Crippen molar-refractivity contribution in [1.29, 1.82) is 0 Å². The zero-order valence-electron chi connectivity index (χ0n) is 10.7. The van der Waals surface area contributed by atoms with E-state index in [1.807, 2.05) is 0 Å². The topological polar surface area (TPSA) is 97.4 Å². The van der Waals surface area contributed by atoms with Crippen molar-refractivity contribution >= 4 is 5.97 Å². The Labute approximate surface area is 115 Å². The standard InChI is InChI=1S/C12H15N3O5/c16-8-10-6-14(7-10)15(18)13-20-9-19-12(17)11-4-2-1-3-5-11/h1-5,10,16H,6-9H2/b15-13-. The number of hydrogen-bond acceptors (Lipinski definition) is 6. The van der Waals surface area contributed by atoms with E-state index in [0.29, 0.717) is 18.7 Å². The maximum absolute atomic E-state index is 11.5. The summed E-state index contributed by atoms with van der Waals surface area (Å²) >= 11 is 0. The molecule has 0 unspecified atom stereocenters. The minimum atomic E-state index is -0.553. The predicted octanol–water partition coefficient (Wildman–Crippen LogP) is 0.534. The average Bonchev–Trinajstić information content (AvgIpc) is 2.43. The highest BCUT2D eigenvalue weighted by molar-refractivity contribution is 5.89. The number of benzene rings is 1. The largest absolute Gasteiger partial charge is 0.569 e. The summed E-state index contributed by atoms with van der Waals surface area (Å²) in [6.07, 6.45) is 0. The van der Waals surface area contributed by atoms with Gasteiger partial charge >= 0.3 is 5.97 Å². The normalized spacial score (nSPS) is 15.7. The van der Waals surface area contributed by atoms with E-state index in [9.17, 15) is 10.0 Å². The zero-order valence-corrected chi connectivity index (χ0v) is 10.7. The number of rotatable bonds is 6. The molecule has 20 heavy (non-hydrogen) atoms. The van der Waals surface area contributed by atoms with E-state index in [4.69, 9.17) is 9.84 Å². The van der Waals surface area contributed by atoms with Crippen LogP contribution in [0.1, 0.15) is 10.4 Å². The van der Waals surface area contributed by atoms with Gasteiger partial charge in [-0.1, -0.05) is 18.2 Å². The molecule has 1 saturated heterocycles. The molecule has 1 N–H and O–H groups in total. The third kappa shape index (κ3) is 3.58. The van der Waals surface area contributed by atoms with Crippen molar-refractivity contribution in [2.24, 2.45) is 11.2 Å². The molecule has 0 aliphatic carbocycles. The molecule has 0 spiro atoms. The van der Waals surface area contributed by atoms with E-state index in [1.165, 1.54) is 5.01 Å². The molecule has 1 aromatic rings. The number of ether oxygens (including phenoxy) is 1. The van der Waals surface area contributed by atoms with Crippen molar-refractivity contribution in [2.45, 2.75) is 0 Å². The molecule has 1 fully saturated rings. The molecule has 1 aliphatic rings. The molecule has 0 radical (unpaired) electrons. The molecular weight excluding hydrogens is 266 g/mol. The van der Waals surface area contributed by atoms with Crippen molar-refractivity contribution in [2.75, 3.05) is 26.5 Å². The van der Waals surface area contributed by atoms with Gasteiger partial charge in [0.2, 0.25) is 5.28 Å². The van der Waals surface area contributed by atoms with Gasteiger partial charge in [0.05, 0.1) is 23.6 Å². The fraction of sp³-hybridized carbons (Fsp3) is 0.417. The van der Waals surface area contributed by atoms with Gasteiger partial charge < -0.3 is 19.9 Å². The molecule has 0 amide bonds. The van der Waals surface area contributed by atoms with Crippen molar-refractivity contribution in [3.63, 3.8) is 0 Å². The third-order valence-corrected chi connectivity index (χ3v) is 2.82. The van der Waals surface area contributed by atoms with Crippen molar-refractivity contribution < 1.29 is 24.4 Å². The summed E-state index contributed by atoms with van der Waals surface area (Å²) in [5.41, 5.74) is 0.392. The number of esters is 1. The van der Waals surface area contributed by atoms with Gasteiger partial charge in [0.25, 0.3) is 6.79 Å². The van der Waals surface area contributed by atoms with Crippen LogP contribution in [-0.2, 0) is 9.57 Å². The van der Waals surface area contributed by atoms with Crippen LogP contribution in [0.4, 0.5) is 0 Å². The average molecular weight is 281 g/mol. The third-order valence-electron chi connectivity index (χ3n) is 2.82. The number of hydrogen-bond donors (Lipinski definition) is 1. The van der Waals surface area contributed by atoms with Crippen molar-refractivity contribution in [3.8, 4) is 0 Å². The number of hydrazine groups is 1. The smallest absolute Gasteiger partial charge is 0.341 e. The highest BCUT2D eigenvalue weighted by Gasteiger charge is 2.32. The van der Waals surface area contributed by atoms with Gasteiger partial charge in [-0.3, -0.25) is 0 Å². The van der Waals surface area contributed by atoms with Gasteiger partial charge in [0.1, 0.15) is 0 Å². The fourth-order valence-electron chi connectivity index (χ4n) is 1.66. The van der Waals surface area contributed by atoms with Crippen LogP contribution in [0.15, 0.2) is 35.6 Å². The maximum Gasteiger partial charge on any atom is 0.341 e. The van der Waals surface area contributed by atoms with Crippen LogP contribution in [0.25, 0.3) is 0 Å². The van der Waals surface area contributed by atoms with Crippen molar-refractivity contribution in [1.82, 2.24) is 5.01 Å². The number of aliphatic hydroxyl groups is 1. The minimum absolute atomic E-state index is 0.0416. The van der Waals surface area contributed by atoms with E-state index in [1.54, 1.807) is 30.3 Å². The Morgan fingerprint density at radius 2 is 2.15 bits per heavy atom. The lowest BCUT2D eigenvalue weighted by molar-refractivity contribution is -0.727. The Morgan fingerprint density at radius 1 is 1.45 bits per heavy atom. The molecule has 0 aromatic heterocycles. The quantitative estimate of drug-likeness (QED) is 0.204. The van der Waals surface area contributed by atoms with E-state index in [2.05, 4.69) is 10.1 Å². The molecule has 2 rings (SSSR count). The summed E-state index contributed by atoms with van der Waals surface area (Å²) in [6.45, 7) is 0.455. The van der Waals surface area contributed by atoms with Gasteiger partial charge in [-0.2, -0.15) is 0 Å². The molecule has 8 heteroatoms. The highest BCUT2D eigenvalue weighted by atomic mass is 16.8. The van der Waals surface area contributed by atoms with Gasteiger partial charge in [-0.05, 0) is 12.1 Å². The molecule has 0 saturated carbocycles. The molecular formula is C12H15N3O5. The van der Waals surface area contributed by atoms with E-state index < -0.39 is 12.8 Å². The lowest BCUT2D eigenvalue weighted by Gasteiger charge is -2.32. The van der Waals surface area contributed by atoms with Crippen LogP contribution in [0.2, 0.25) is 0 Å². The van der Waals surface area contributed by atoms with Crippen LogP contribution in [0.5, 0.6) is 0 Å². The Hall–Kier alpha value is -2.35. The Kier molecular flexibility index (Phi) is 4.72. The monoisotopic (exact) mass is 281 g/mol. The predicted molar refractivity (Wildman–Crippen MR) is 66.0 cm³/mol. The van der Waals surface area contributed by atoms with Crippen molar-refractivity contribution in [3.05, 3.63) is 41.1 Å². The van der Waals surface area contributed by atoms with Crippen LogP contribution in [0, 0.1) is 11.1 Å². The lowest BCUT2D eigenvalue weighted by Crippen LogP contribution is -2.51. The second kappa shape index (κ2) is 6.71. The number of aliphatic hydroxyl groups excluding tert-OH is 1. The zero-order chi connectivity index (χ0) is 14.4. The Morgan fingerprint density at radius 3 is 2.80 bits per heavy atom. The first-order valence-corrected chi connectivity index (χ1v) is 6.08. The SMILES string of the molecule is O=C(OCO/N=[N+](\[O-])N1CC(CO)C1)c1ccccc1. The van der Waals surface area contributed by atoms with Gasteiger partial charge in [0.15, 0.2) is 0 Å². The number of carbonyl (C=O) groups is 1. The second-order valence-electron chi connectivity index (χ2n) is 4.30. The minimum Gasteiger partial charge on any atom is -0.569 e. The summed E-state index contributed by atoms with van der Waals surface area (Å²) in [5, 5.41) is 24.7. The maximum atomic E-state index is 11.5. The fourth-order valence-corrected chi connectivity index (χ4v) is 1.66. The summed E-state index contributed by atoms with van der Waals surface area (Å²) in [6, 6.07) is 8.42. The number of carbonyl (C=O) groups excluding carboxylic acids is 1. The first-order valence-electron chi connectivity index (χ1n) is 6.08. The highest BCUT2D eigenvalue weighted by Crippen LogP contribution is 2.14. The van der Waals surface area contributed by atoms with Gasteiger partial charge in [0, 0.05) is 12.5 Å². The second-order valence-corrected chi connectivity index (χ2v) is 4.30. The molecule has 108 valence electrons. The first-order chi connectivity index (χ1) is 9.70. The molecule has 8 nitrogen and oxygen atoms in total. The molecule has 1 aliphatic heterocycles. The van der Waals surface area contributed by atoms with Crippen LogP contribution in [0.3, 0.4) is 0 Å². The molecule has 1 heterocycles. The Balaban J connectivity index is 1.67. The molecule has 1 aromatic carbocycles. The van der Waals surface area contributed by atoms with E-state index in [-0.39, 0.29) is 17.5 Å². The van der Waals surface area contributed by atoms with Gasteiger partial charge in [-0.25, -0.2) is 4.79 Å². The Bertz CT molecular complexity index is 473. The van der Waals surface area contributed by atoms with Crippen LogP contribution in [-0.4, -0.2) is 47.5 Å². The first kappa shape index (κ1) is 14.1.